The molecule has 0 aromatic rings. The molecule has 0 fully saturated rings. The fourth-order valence-electron chi connectivity index (χ4n) is 1.21. The van der Waals surface area contributed by atoms with E-state index < -0.39 is 12.0 Å². The third kappa shape index (κ3) is 8.04. The van der Waals surface area contributed by atoms with Gasteiger partial charge in [-0.05, 0) is 31.8 Å². The molecule has 0 heterocycles. The topological polar surface area (TPSA) is 75.6 Å². The zero-order chi connectivity index (χ0) is 13.3. The monoisotopic (exact) mass is 263 g/mol. The maximum atomic E-state index is 11.5. The number of carbonyl (C=O) groups is 2. The molecule has 1 amide bonds. The predicted molar refractivity (Wildman–Crippen MR) is 68.3 cm³/mol. The fraction of sp³-hybridized carbons (Fsp3) is 0.818. The van der Waals surface area contributed by atoms with E-state index in [4.69, 9.17) is 9.84 Å². The van der Waals surface area contributed by atoms with Crippen LogP contribution in [0, 0.1) is 0 Å². The number of carboxylic acid groups (broad SMARTS) is 1. The van der Waals surface area contributed by atoms with Crippen LogP contribution >= 0.6 is 11.8 Å². The van der Waals surface area contributed by atoms with E-state index >= 15 is 0 Å². The minimum atomic E-state index is -0.979. The highest BCUT2D eigenvalue weighted by molar-refractivity contribution is 7.98. The summed E-state index contributed by atoms with van der Waals surface area (Å²) in [4.78, 5) is 22.4. The van der Waals surface area contributed by atoms with Crippen LogP contribution in [0.2, 0.25) is 0 Å². The molecule has 0 aliphatic rings. The van der Waals surface area contributed by atoms with Gasteiger partial charge in [-0.3, -0.25) is 4.79 Å². The van der Waals surface area contributed by atoms with Crippen molar-refractivity contribution in [3.63, 3.8) is 0 Å². The van der Waals surface area contributed by atoms with Crippen LogP contribution in [-0.2, 0) is 14.3 Å². The van der Waals surface area contributed by atoms with Gasteiger partial charge in [0.05, 0.1) is 6.10 Å². The Balaban J connectivity index is 3.99. The quantitative estimate of drug-likeness (QED) is 0.652. The Bertz CT molecular complexity index is 248. The number of carboxylic acids is 1. The number of hydrogen-bond acceptors (Lipinski definition) is 4. The van der Waals surface area contributed by atoms with Crippen molar-refractivity contribution in [2.24, 2.45) is 0 Å². The molecule has 0 rings (SSSR count). The number of ether oxygens (including phenoxy) is 1. The summed E-state index contributed by atoms with van der Waals surface area (Å²) in [5.74, 6) is -0.499. The molecule has 6 heteroatoms. The van der Waals surface area contributed by atoms with E-state index in [1.807, 2.05) is 13.2 Å². The van der Waals surface area contributed by atoms with E-state index in [1.165, 1.54) is 0 Å². The average Bonchev–Trinajstić information content (AvgIpc) is 2.30. The van der Waals surface area contributed by atoms with E-state index in [-0.39, 0.29) is 18.4 Å². The molecule has 2 unspecified atom stereocenters. The Morgan fingerprint density at radius 2 is 2.06 bits per heavy atom. The van der Waals surface area contributed by atoms with Gasteiger partial charge in [0.25, 0.3) is 0 Å². The summed E-state index contributed by atoms with van der Waals surface area (Å²) in [6.07, 6.45) is 3.24. The SMILES string of the molecule is COC(C)CCC(=O)NC(CCSC)C(=O)O. The minimum absolute atomic E-state index is 0.00947. The lowest BCUT2D eigenvalue weighted by Gasteiger charge is -2.14. The Morgan fingerprint density at radius 1 is 1.41 bits per heavy atom. The third-order valence-electron chi connectivity index (χ3n) is 2.42. The number of methoxy groups -OCH3 is 1. The first-order valence-electron chi connectivity index (χ1n) is 5.55. The second-order valence-corrected chi connectivity index (χ2v) is 4.81. The molecule has 0 aromatic heterocycles. The summed E-state index contributed by atoms with van der Waals surface area (Å²) in [6.45, 7) is 1.87. The molecule has 0 radical (unpaired) electrons. The van der Waals surface area contributed by atoms with Crippen molar-refractivity contribution in [1.82, 2.24) is 5.32 Å². The first-order chi connectivity index (χ1) is 8.01. The van der Waals surface area contributed by atoms with Crippen molar-refractivity contribution in [3.05, 3.63) is 0 Å². The maximum Gasteiger partial charge on any atom is 0.326 e. The largest absolute Gasteiger partial charge is 0.480 e. The average molecular weight is 263 g/mol. The Kier molecular flexibility index (Phi) is 8.89. The molecule has 0 saturated carbocycles. The Hall–Kier alpha value is -0.750. The van der Waals surface area contributed by atoms with Gasteiger partial charge in [0.15, 0.2) is 0 Å². The zero-order valence-corrected chi connectivity index (χ0v) is 11.4. The summed E-state index contributed by atoms with van der Waals surface area (Å²) in [7, 11) is 1.58. The number of carbonyl (C=O) groups excluding carboxylic acids is 1. The molecule has 0 spiro atoms. The van der Waals surface area contributed by atoms with Gasteiger partial charge < -0.3 is 15.2 Å². The number of aliphatic carboxylic acids is 1. The number of amides is 1. The number of hydrogen-bond donors (Lipinski definition) is 2. The van der Waals surface area contributed by atoms with Crippen LogP contribution in [0.5, 0.6) is 0 Å². The predicted octanol–water partition coefficient (Wildman–Crippen LogP) is 1.12. The molecule has 100 valence electrons. The van der Waals surface area contributed by atoms with Crippen molar-refractivity contribution in [3.8, 4) is 0 Å². The van der Waals surface area contributed by atoms with Crippen molar-refractivity contribution in [2.45, 2.75) is 38.3 Å². The van der Waals surface area contributed by atoms with Gasteiger partial charge in [0.1, 0.15) is 6.04 Å². The van der Waals surface area contributed by atoms with Crippen LogP contribution in [0.25, 0.3) is 0 Å². The van der Waals surface area contributed by atoms with Crippen LogP contribution in [0.3, 0.4) is 0 Å². The second kappa shape index (κ2) is 9.30. The van der Waals surface area contributed by atoms with E-state index in [2.05, 4.69) is 5.32 Å². The molecule has 5 nitrogen and oxygen atoms in total. The molecule has 0 bridgehead atoms. The van der Waals surface area contributed by atoms with Gasteiger partial charge in [0.2, 0.25) is 5.91 Å². The van der Waals surface area contributed by atoms with E-state index in [1.54, 1.807) is 18.9 Å². The van der Waals surface area contributed by atoms with E-state index in [0.717, 1.165) is 0 Å². The molecule has 0 aliphatic carbocycles. The standard InChI is InChI=1S/C11H21NO4S/c1-8(16-2)4-5-10(13)12-9(11(14)15)6-7-17-3/h8-9H,4-7H2,1-3H3,(H,12,13)(H,14,15). The molecule has 2 N–H and O–H groups in total. The molecular formula is C11H21NO4S. The molecule has 0 aromatic carbocycles. The highest BCUT2D eigenvalue weighted by atomic mass is 32.2. The lowest BCUT2D eigenvalue weighted by atomic mass is 10.2. The van der Waals surface area contributed by atoms with Crippen molar-refractivity contribution >= 4 is 23.6 Å². The normalized spacial score (nSPS) is 14.1. The molecular weight excluding hydrogens is 242 g/mol. The molecule has 0 aliphatic heterocycles. The van der Waals surface area contributed by atoms with Gasteiger partial charge in [0, 0.05) is 13.5 Å². The lowest BCUT2D eigenvalue weighted by molar-refractivity contribution is -0.141. The first-order valence-corrected chi connectivity index (χ1v) is 6.94. The third-order valence-corrected chi connectivity index (χ3v) is 3.07. The molecule has 17 heavy (non-hydrogen) atoms. The highest BCUT2D eigenvalue weighted by Crippen LogP contribution is 2.03. The van der Waals surface area contributed by atoms with E-state index in [0.29, 0.717) is 18.6 Å². The van der Waals surface area contributed by atoms with Crippen LogP contribution < -0.4 is 5.32 Å². The van der Waals surface area contributed by atoms with Gasteiger partial charge >= 0.3 is 5.97 Å². The highest BCUT2D eigenvalue weighted by Gasteiger charge is 2.19. The second-order valence-electron chi connectivity index (χ2n) is 3.82. The fourth-order valence-corrected chi connectivity index (χ4v) is 1.68. The van der Waals surface area contributed by atoms with Gasteiger partial charge in [-0.15, -0.1) is 0 Å². The van der Waals surface area contributed by atoms with Crippen LogP contribution in [0.15, 0.2) is 0 Å². The van der Waals surface area contributed by atoms with Crippen molar-refractivity contribution in [1.29, 1.82) is 0 Å². The van der Waals surface area contributed by atoms with Gasteiger partial charge in [-0.25, -0.2) is 4.79 Å². The summed E-state index contributed by atoms with van der Waals surface area (Å²) >= 11 is 1.56. The summed E-state index contributed by atoms with van der Waals surface area (Å²) < 4.78 is 5.02. The zero-order valence-electron chi connectivity index (χ0n) is 10.6. The summed E-state index contributed by atoms with van der Waals surface area (Å²) in [5.41, 5.74) is 0. The lowest BCUT2D eigenvalue weighted by Crippen LogP contribution is -2.41. The van der Waals surface area contributed by atoms with Gasteiger partial charge in [-0.2, -0.15) is 11.8 Å². The Labute approximate surface area is 106 Å². The number of rotatable bonds is 9. The van der Waals surface area contributed by atoms with Crippen LogP contribution in [0.1, 0.15) is 26.2 Å². The molecule has 2 atom stereocenters. The minimum Gasteiger partial charge on any atom is -0.480 e. The Morgan fingerprint density at radius 3 is 2.53 bits per heavy atom. The van der Waals surface area contributed by atoms with Gasteiger partial charge in [-0.1, -0.05) is 0 Å². The number of nitrogens with one attached hydrogen (secondary N) is 1. The van der Waals surface area contributed by atoms with Crippen molar-refractivity contribution < 1.29 is 19.4 Å². The summed E-state index contributed by atoms with van der Waals surface area (Å²) in [6, 6.07) is -0.784. The maximum absolute atomic E-state index is 11.5. The first kappa shape index (κ1) is 16.2. The van der Waals surface area contributed by atoms with Crippen molar-refractivity contribution in [2.75, 3.05) is 19.1 Å². The molecule has 0 saturated heterocycles. The van der Waals surface area contributed by atoms with Crippen LogP contribution in [-0.4, -0.2) is 48.2 Å². The van der Waals surface area contributed by atoms with Crippen LogP contribution in [0.4, 0.5) is 0 Å². The smallest absolute Gasteiger partial charge is 0.326 e. The summed E-state index contributed by atoms with van der Waals surface area (Å²) in [5, 5.41) is 11.4. The number of thioether (sulfide) groups is 1. The van der Waals surface area contributed by atoms with E-state index in [9.17, 15) is 9.59 Å².